The van der Waals surface area contributed by atoms with Crippen LogP contribution < -0.4 is 9.47 Å². The van der Waals surface area contributed by atoms with Crippen LogP contribution in [0.15, 0.2) is 36.4 Å². The molecule has 0 radical (unpaired) electrons. The Balaban J connectivity index is 2.17. The van der Waals surface area contributed by atoms with Crippen molar-refractivity contribution in [2.75, 3.05) is 0 Å². The summed E-state index contributed by atoms with van der Waals surface area (Å²) in [6.45, 7) is 7.09. The van der Waals surface area contributed by atoms with Gasteiger partial charge < -0.3 is 14.4 Å². The van der Waals surface area contributed by atoms with Crippen molar-refractivity contribution in [2.45, 2.75) is 27.7 Å². The van der Waals surface area contributed by atoms with Gasteiger partial charge in [0.05, 0.1) is 0 Å². The Hall–Kier alpha value is -2.43. The lowest BCUT2D eigenvalue weighted by Gasteiger charge is -2.13. The van der Waals surface area contributed by atoms with Gasteiger partial charge in [-0.3, -0.25) is 4.57 Å². The first-order valence-electron chi connectivity index (χ1n) is 7.53. The van der Waals surface area contributed by atoms with Gasteiger partial charge in [0.2, 0.25) is 0 Å². The second kappa shape index (κ2) is 7.21. The van der Waals surface area contributed by atoms with E-state index in [1.54, 1.807) is 38.1 Å². The number of carbonyl (C=O) groups excluding carboxylic acids is 2. The molecule has 132 valence electrons. The maximum Gasteiger partial charge on any atom is 0.411 e. The standard InChI is InChI=1S/C18H19O6P/c1-11-5-7-15(13(3)9-11)23-17(19)25(21,22)18(20)24-16-8-6-12(2)10-14(16)4/h5-10H,1-4H3,(H,21,22). The van der Waals surface area contributed by atoms with Gasteiger partial charge in [0.15, 0.2) is 0 Å². The molecule has 0 atom stereocenters. The Bertz CT molecular complexity index is 818. The highest BCUT2D eigenvalue weighted by molar-refractivity contribution is 7.89. The summed E-state index contributed by atoms with van der Waals surface area (Å²) < 4.78 is 22.0. The minimum Gasteiger partial charge on any atom is -0.419 e. The third-order valence-electron chi connectivity index (χ3n) is 3.55. The average molecular weight is 362 g/mol. The van der Waals surface area contributed by atoms with Crippen LogP contribution in [-0.4, -0.2) is 16.3 Å². The Morgan fingerprint density at radius 2 is 1.16 bits per heavy atom. The molecule has 25 heavy (non-hydrogen) atoms. The van der Waals surface area contributed by atoms with Crippen LogP contribution in [0.4, 0.5) is 9.59 Å². The van der Waals surface area contributed by atoms with Crippen molar-refractivity contribution in [3.63, 3.8) is 0 Å². The van der Waals surface area contributed by atoms with Crippen LogP contribution in [0.25, 0.3) is 0 Å². The zero-order valence-electron chi connectivity index (χ0n) is 14.4. The van der Waals surface area contributed by atoms with Gasteiger partial charge in [-0.25, -0.2) is 9.59 Å². The van der Waals surface area contributed by atoms with Crippen molar-refractivity contribution in [3.8, 4) is 11.5 Å². The molecule has 0 heterocycles. The smallest absolute Gasteiger partial charge is 0.411 e. The van der Waals surface area contributed by atoms with Crippen LogP contribution in [0.3, 0.4) is 0 Å². The molecule has 0 aliphatic heterocycles. The van der Waals surface area contributed by atoms with E-state index in [0.29, 0.717) is 11.1 Å². The molecule has 0 amide bonds. The Labute approximate surface area is 145 Å². The van der Waals surface area contributed by atoms with Crippen molar-refractivity contribution < 1.29 is 28.5 Å². The number of aryl methyl sites for hydroxylation is 4. The lowest BCUT2D eigenvalue weighted by molar-refractivity contribution is 0.210. The highest BCUT2D eigenvalue weighted by Crippen LogP contribution is 2.45. The van der Waals surface area contributed by atoms with E-state index in [1.807, 2.05) is 13.8 Å². The second-order valence-electron chi connectivity index (χ2n) is 5.85. The predicted molar refractivity (Wildman–Crippen MR) is 93.7 cm³/mol. The third-order valence-corrected chi connectivity index (χ3v) is 4.72. The van der Waals surface area contributed by atoms with E-state index < -0.39 is 18.8 Å². The molecule has 1 N–H and O–H groups in total. The van der Waals surface area contributed by atoms with Gasteiger partial charge in [-0.2, -0.15) is 0 Å². The Morgan fingerprint density at radius 1 is 0.800 bits per heavy atom. The average Bonchev–Trinajstić information content (AvgIpc) is 2.52. The molecule has 2 aromatic rings. The summed E-state index contributed by atoms with van der Waals surface area (Å²) in [5, 5.41) is 0. The lowest BCUT2D eigenvalue weighted by Crippen LogP contribution is -2.17. The number of hydrogen-bond acceptors (Lipinski definition) is 5. The van der Waals surface area contributed by atoms with Crippen LogP contribution in [0.1, 0.15) is 22.3 Å². The van der Waals surface area contributed by atoms with Gasteiger partial charge in [0.1, 0.15) is 11.5 Å². The predicted octanol–water partition coefficient (Wildman–Crippen LogP) is 4.89. The summed E-state index contributed by atoms with van der Waals surface area (Å²) in [5.41, 5.74) is 0.0353. The zero-order valence-corrected chi connectivity index (χ0v) is 15.3. The van der Waals surface area contributed by atoms with Gasteiger partial charge in [0.25, 0.3) is 0 Å². The van der Waals surface area contributed by atoms with Crippen LogP contribution in [0, 0.1) is 27.7 Å². The number of carbonyl (C=O) groups is 2. The molecule has 6 nitrogen and oxygen atoms in total. The zero-order chi connectivity index (χ0) is 18.8. The van der Waals surface area contributed by atoms with E-state index in [9.17, 15) is 19.0 Å². The summed E-state index contributed by atoms with van der Waals surface area (Å²) in [4.78, 5) is 33.9. The monoisotopic (exact) mass is 362 g/mol. The molecule has 0 saturated heterocycles. The number of hydrogen-bond donors (Lipinski definition) is 1. The van der Waals surface area contributed by atoms with Gasteiger partial charge in [-0.1, -0.05) is 35.4 Å². The van der Waals surface area contributed by atoms with Crippen molar-refractivity contribution in [1.82, 2.24) is 0 Å². The second-order valence-corrected chi connectivity index (χ2v) is 7.73. The van der Waals surface area contributed by atoms with Crippen molar-refractivity contribution in [1.29, 1.82) is 0 Å². The van der Waals surface area contributed by atoms with Gasteiger partial charge in [0, 0.05) is 0 Å². The fourth-order valence-electron chi connectivity index (χ4n) is 2.21. The lowest BCUT2D eigenvalue weighted by atomic mass is 10.1. The topological polar surface area (TPSA) is 89.9 Å². The number of rotatable bonds is 4. The van der Waals surface area contributed by atoms with Crippen LogP contribution in [-0.2, 0) is 4.57 Å². The SMILES string of the molecule is Cc1ccc(OC(=O)P(=O)(O)C(=O)Oc2ccc(C)cc2C)c(C)c1. The maximum absolute atomic E-state index is 12.2. The molecule has 2 aromatic carbocycles. The molecule has 2 rings (SSSR count). The van der Waals surface area contributed by atoms with Crippen LogP contribution in [0.5, 0.6) is 11.5 Å². The Kier molecular flexibility index (Phi) is 5.45. The maximum atomic E-state index is 12.2. The molecule has 0 saturated carbocycles. The normalized spacial score (nSPS) is 11.1. The van der Waals surface area contributed by atoms with Crippen molar-refractivity contribution in [3.05, 3.63) is 58.7 Å². The third kappa shape index (κ3) is 4.35. The fourth-order valence-corrected chi connectivity index (χ4v) is 2.81. The molecule has 0 spiro atoms. The Morgan fingerprint density at radius 3 is 1.48 bits per heavy atom. The number of benzene rings is 2. The first-order chi connectivity index (χ1) is 11.6. The van der Waals surface area contributed by atoms with Gasteiger partial charge in [-0.15, -0.1) is 0 Å². The molecule has 7 heteroatoms. The quantitative estimate of drug-likeness (QED) is 0.779. The summed E-state index contributed by atoms with van der Waals surface area (Å²) in [5.74, 6) is 0.230. The first kappa shape index (κ1) is 18.9. The van der Waals surface area contributed by atoms with Crippen molar-refractivity contribution in [2.24, 2.45) is 0 Å². The largest absolute Gasteiger partial charge is 0.419 e. The summed E-state index contributed by atoms with van der Waals surface area (Å²) in [6.07, 6.45) is 0. The van der Waals surface area contributed by atoms with Gasteiger partial charge >= 0.3 is 18.8 Å². The highest BCUT2D eigenvalue weighted by atomic mass is 31.2. The fraction of sp³-hybridized carbons (Fsp3) is 0.222. The number of ether oxygens (including phenoxy) is 2. The van der Waals surface area contributed by atoms with Crippen LogP contribution >= 0.6 is 7.37 Å². The first-order valence-corrected chi connectivity index (χ1v) is 9.19. The molecule has 0 aromatic heterocycles. The molecular formula is C18H19O6P. The van der Waals surface area contributed by atoms with E-state index in [1.165, 1.54) is 12.1 Å². The molecule has 0 aliphatic rings. The molecule has 0 aliphatic carbocycles. The van der Waals surface area contributed by atoms with E-state index in [0.717, 1.165) is 11.1 Å². The molecule has 0 bridgehead atoms. The van der Waals surface area contributed by atoms with E-state index in [-0.39, 0.29) is 11.5 Å². The minimum absolute atomic E-state index is 0.115. The van der Waals surface area contributed by atoms with E-state index >= 15 is 0 Å². The molecule has 0 unspecified atom stereocenters. The summed E-state index contributed by atoms with van der Waals surface area (Å²) >= 11 is 0. The minimum atomic E-state index is -4.99. The highest BCUT2D eigenvalue weighted by Gasteiger charge is 2.43. The van der Waals surface area contributed by atoms with Crippen molar-refractivity contribution >= 4 is 18.8 Å². The summed E-state index contributed by atoms with van der Waals surface area (Å²) in [6, 6.07) is 9.87. The molecular weight excluding hydrogens is 343 g/mol. The molecule has 0 fully saturated rings. The van der Waals surface area contributed by atoms with Crippen LogP contribution in [0.2, 0.25) is 0 Å². The van der Waals surface area contributed by atoms with Gasteiger partial charge in [-0.05, 0) is 51.0 Å². The van der Waals surface area contributed by atoms with E-state index in [2.05, 4.69) is 0 Å². The van der Waals surface area contributed by atoms with E-state index in [4.69, 9.17) is 9.47 Å². The summed E-state index contributed by atoms with van der Waals surface area (Å²) in [7, 11) is -4.99.